The summed E-state index contributed by atoms with van der Waals surface area (Å²) in [7, 11) is 0. The van der Waals surface area contributed by atoms with Crippen LogP contribution in [-0.2, 0) is 11.0 Å². The third-order valence-electron chi connectivity index (χ3n) is 4.86. The molecular formula is C21H20F5N3O2S. The van der Waals surface area contributed by atoms with Gasteiger partial charge in [0, 0.05) is 36.6 Å². The fourth-order valence-corrected chi connectivity index (χ4v) is 3.85. The summed E-state index contributed by atoms with van der Waals surface area (Å²) >= 11 is 0.348. The van der Waals surface area contributed by atoms with E-state index in [9.17, 15) is 31.5 Å². The van der Waals surface area contributed by atoms with E-state index >= 15 is 0 Å². The predicted molar refractivity (Wildman–Crippen MR) is 111 cm³/mol. The Morgan fingerprint density at radius 3 is 2.19 bits per heavy atom. The highest BCUT2D eigenvalue weighted by Gasteiger charge is 2.31. The number of amides is 2. The van der Waals surface area contributed by atoms with Crippen LogP contribution in [0.2, 0.25) is 0 Å². The van der Waals surface area contributed by atoms with Crippen molar-refractivity contribution in [2.75, 3.05) is 38.0 Å². The molecule has 3 rings (SSSR count). The number of nitrogens with zero attached hydrogens (tertiary/aromatic N) is 2. The highest BCUT2D eigenvalue weighted by molar-refractivity contribution is 7.99. The van der Waals surface area contributed by atoms with Gasteiger partial charge in [0.2, 0.25) is 5.91 Å². The van der Waals surface area contributed by atoms with Crippen LogP contribution < -0.4 is 5.32 Å². The Morgan fingerprint density at radius 1 is 0.969 bits per heavy atom. The van der Waals surface area contributed by atoms with E-state index in [0.717, 1.165) is 24.3 Å². The minimum Gasteiger partial charge on any atom is -0.336 e. The molecule has 0 saturated carbocycles. The SMILES string of the molecule is O=C(CN1CCN(C(=O)c2ccc(C(F)(F)F)cc2)CC1)Nc1ccccc1SC(F)F. The normalized spacial score (nSPS) is 15.1. The number of benzene rings is 2. The van der Waals surface area contributed by atoms with Crippen molar-refractivity contribution in [3.8, 4) is 0 Å². The van der Waals surface area contributed by atoms with Crippen LogP contribution in [0.25, 0.3) is 0 Å². The van der Waals surface area contributed by atoms with Gasteiger partial charge >= 0.3 is 6.18 Å². The van der Waals surface area contributed by atoms with Crippen LogP contribution in [0, 0.1) is 0 Å². The molecule has 0 radical (unpaired) electrons. The summed E-state index contributed by atoms with van der Waals surface area (Å²) in [5.74, 6) is -3.35. The highest BCUT2D eigenvalue weighted by atomic mass is 32.2. The summed E-state index contributed by atoms with van der Waals surface area (Å²) in [4.78, 5) is 28.5. The van der Waals surface area contributed by atoms with Crippen molar-refractivity contribution in [3.05, 3.63) is 59.7 Å². The molecule has 5 nitrogen and oxygen atoms in total. The number of thioether (sulfide) groups is 1. The molecule has 0 aromatic heterocycles. The monoisotopic (exact) mass is 473 g/mol. The van der Waals surface area contributed by atoms with Crippen molar-refractivity contribution >= 4 is 29.3 Å². The molecule has 1 saturated heterocycles. The van der Waals surface area contributed by atoms with Crippen LogP contribution in [0.3, 0.4) is 0 Å². The molecule has 0 spiro atoms. The topological polar surface area (TPSA) is 52.7 Å². The van der Waals surface area contributed by atoms with Crippen LogP contribution in [-0.4, -0.2) is 60.1 Å². The van der Waals surface area contributed by atoms with Crippen molar-refractivity contribution in [1.29, 1.82) is 0 Å². The summed E-state index contributed by atoms with van der Waals surface area (Å²) in [6, 6.07) is 10.3. The number of anilines is 1. The van der Waals surface area contributed by atoms with E-state index in [2.05, 4.69) is 5.32 Å². The lowest BCUT2D eigenvalue weighted by Crippen LogP contribution is -2.50. The number of carbonyl (C=O) groups is 2. The molecular weight excluding hydrogens is 453 g/mol. The van der Waals surface area contributed by atoms with Gasteiger partial charge in [-0.25, -0.2) is 0 Å². The molecule has 1 heterocycles. The van der Waals surface area contributed by atoms with Crippen molar-refractivity contribution < 1.29 is 31.5 Å². The summed E-state index contributed by atoms with van der Waals surface area (Å²) in [5.41, 5.74) is -0.352. The van der Waals surface area contributed by atoms with Gasteiger partial charge in [-0.15, -0.1) is 0 Å². The largest absolute Gasteiger partial charge is 0.416 e. The van der Waals surface area contributed by atoms with Gasteiger partial charge in [0.1, 0.15) is 0 Å². The molecule has 2 aromatic rings. The van der Waals surface area contributed by atoms with E-state index in [0.29, 0.717) is 43.6 Å². The van der Waals surface area contributed by atoms with Gasteiger partial charge in [-0.05, 0) is 36.4 Å². The van der Waals surface area contributed by atoms with Gasteiger partial charge in [-0.2, -0.15) is 22.0 Å². The molecule has 0 aliphatic carbocycles. The molecule has 1 fully saturated rings. The minimum atomic E-state index is -4.47. The van der Waals surface area contributed by atoms with Gasteiger partial charge in [0.25, 0.3) is 11.7 Å². The van der Waals surface area contributed by atoms with Gasteiger partial charge in [0.15, 0.2) is 0 Å². The summed E-state index contributed by atoms with van der Waals surface area (Å²) < 4.78 is 63.3. The molecule has 11 heteroatoms. The molecule has 0 unspecified atom stereocenters. The van der Waals surface area contributed by atoms with Crippen LogP contribution in [0.15, 0.2) is 53.4 Å². The van der Waals surface area contributed by atoms with Crippen molar-refractivity contribution in [1.82, 2.24) is 9.80 Å². The van der Waals surface area contributed by atoms with E-state index in [-0.39, 0.29) is 28.8 Å². The number of hydrogen-bond acceptors (Lipinski definition) is 4. The van der Waals surface area contributed by atoms with Gasteiger partial charge in [-0.3, -0.25) is 14.5 Å². The number of alkyl halides is 5. The average molecular weight is 473 g/mol. The molecule has 32 heavy (non-hydrogen) atoms. The average Bonchev–Trinajstić information content (AvgIpc) is 2.74. The molecule has 1 aliphatic heterocycles. The number of halogens is 5. The second-order valence-corrected chi connectivity index (χ2v) is 8.10. The molecule has 1 N–H and O–H groups in total. The maximum atomic E-state index is 12.7. The second kappa shape index (κ2) is 10.3. The lowest BCUT2D eigenvalue weighted by molar-refractivity contribution is -0.137. The lowest BCUT2D eigenvalue weighted by atomic mass is 10.1. The Bertz CT molecular complexity index is 945. The van der Waals surface area contributed by atoms with Crippen molar-refractivity contribution in [3.63, 3.8) is 0 Å². The zero-order chi connectivity index (χ0) is 23.3. The molecule has 0 atom stereocenters. The first-order valence-electron chi connectivity index (χ1n) is 9.66. The van der Waals surface area contributed by atoms with Crippen LogP contribution >= 0.6 is 11.8 Å². The fraction of sp³-hybridized carbons (Fsp3) is 0.333. The summed E-state index contributed by atoms with van der Waals surface area (Å²) in [6.45, 7) is 1.44. The zero-order valence-electron chi connectivity index (χ0n) is 16.7. The number of rotatable bonds is 6. The first kappa shape index (κ1) is 24.0. The van der Waals surface area contributed by atoms with E-state index in [1.807, 2.05) is 4.90 Å². The Hall–Kier alpha value is -2.66. The smallest absolute Gasteiger partial charge is 0.336 e. The van der Waals surface area contributed by atoms with Crippen LogP contribution in [0.5, 0.6) is 0 Å². The van der Waals surface area contributed by atoms with Crippen LogP contribution in [0.4, 0.5) is 27.6 Å². The first-order valence-corrected chi connectivity index (χ1v) is 10.5. The molecule has 172 valence electrons. The van der Waals surface area contributed by atoms with Gasteiger partial charge in [-0.1, -0.05) is 23.9 Å². The predicted octanol–water partition coefficient (Wildman–Crippen LogP) is 4.42. The summed E-state index contributed by atoms with van der Waals surface area (Å²) in [6.07, 6.45) is -4.47. The molecule has 2 amide bonds. The highest BCUT2D eigenvalue weighted by Crippen LogP contribution is 2.32. The van der Waals surface area contributed by atoms with Crippen LogP contribution in [0.1, 0.15) is 15.9 Å². The molecule has 2 aromatic carbocycles. The fourth-order valence-electron chi connectivity index (χ4n) is 3.25. The third kappa shape index (κ3) is 6.42. The van der Waals surface area contributed by atoms with Gasteiger partial charge in [0.05, 0.1) is 17.8 Å². The number of nitrogens with one attached hydrogen (secondary N) is 1. The number of hydrogen-bond donors (Lipinski definition) is 1. The van der Waals surface area contributed by atoms with E-state index in [4.69, 9.17) is 0 Å². The maximum absolute atomic E-state index is 12.7. The second-order valence-electron chi connectivity index (χ2n) is 7.07. The number of carbonyl (C=O) groups excluding carboxylic acids is 2. The number of para-hydroxylation sites is 1. The van der Waals surface area contributed by atoms with Crippen molar-refractivity contribution in [2.24, 2.45) is 0 Å². The van der Waals surface area contributed by atoms with Gasteiger partial charge < -0.3 is 10.2 Å². The zero-order valence-corrected chi connectivity index (χ0v) is 17.6. The lowest BCUT2D eigenvalue weighted by Gasteiger charge is -2.34. The third-order valence-corrected chi connectivity index (χ3v) is 5.65. The quantitative estimate of drug-likeness (QED) is 0.499. The summed E-state index contributed by atoms with van der Waals surface area (Å²) in [5, 5.41) is 2.63. The Kier molecular flexibility index (Phi) is 7.73. The van der Waals surface area contributed by atoms with E-state index in [1.165, 1.54) is 11.0 Å². The van der Waals surface area contributed by atoms with E-state index in [1.54, 1.807) is 18.2 Å². The number of piperazine rings is 1. The maximum Gasteiger partial charge on any atom is 0.416 e. The first-order chi connectivity index (χ1) is 15.1. The standard InChI is InChI=1S/C21H20F5N3O2S/c22-20(23)32-17-4-2-1-3-16(17)27-18(30)13-28-9-11-29(12-10-28)19(31)14-5-7-15(8-6-14)21(24,25)26/h1-8,20H,9-13H2,(H,27,30). The molecule has 1 aliphatic rings. The molecule has 0 bridgehead atoms. The Balaban J connectivity index is 1.51. The minimum absolute atomic E-state index is 0.0238. The van der Waals surface area contributed by atoms with E-state index < -0.39 is 17.5 Å². The Labute approximate surface area is 185 Å². The Morgan fingerprint density at radius 2 is 1.59 bits per heavy atom. The van der Waals surface area contributed by atoms with Crippen molar-refractivity contribution in [2.45, 2.75) is 16.8 Å².